The van der Waals surface area contributed by atoms with E-state index in [2.05, 4.69) is 42.3 Å². The lowest BCUT2D eigenvalue weighted by molar-refractivity contribution is -0.144. The minimum Gasteiger partial charge on any atom is -0.464 e. The van der Waals surface area contributed by atoms with Crippen molar-refractivity contribution in [3.8, 4) is 11.3 Å². The van der Waals surface area contributed by atoms with Gasteiger partial charge in [0.15, 0.2) is 5.40 Å². The predicted octanol–water partition coefficient (Wildman–Crippen LogP) is 3.70. The highest BCUT2D eigenvalue weighted by Crippen LogP contribution is 2.61. The van der Waals surface area contributed by atoms with Crippen LogP contribution in [0.4, 0.5) is 23.0 Å². The van der Waals surface area contributed by atoms with E-state index in [-0.39, 0.29) is 12.5 Å². The van der Waals surface area contributed by atoms with Gasteiger partial charge in [0.05, 0.1) is 23.3 Å². The van der Waals surface area contributed by atoms with Gasteiger partial charge in [-0.25, -0.2) is 9.97 Å². The maximum Gasteiger partial charge on any atom is 0.341 e. The van der Waals surface area contributed by atoms with E-state index in [1.165, 1.54) is 12.3 Å². The first-order valence-electron chi connectivity index (χ1n) is 15.6. The average molecular weight is 752 g/mol. The second-order valence-electron chi connectivity index (χ2n) is 11.4. The smallest absolute Gasteiger partial charge is 0.341 e. The molecule has 0 bridgehead atoms. The Bertz CT molecular complexity index is 1730. The normalized spacial score (nSPS) is 14.3. The van der Waals surface area contributed by atoms with Crippen molar-refractivity contribution in [1.29, 1.82) is 0 Å². The highest BCUT2D eigenvalue weighted by atomic mass is 35.5. The van der Waals surface area contributed by atoms with Crippen LogP contribution in [-0.2, 0) is 23.5 Å². The topological polar surface area (TPSA) is 227 Å². The molecule has 7 N–H and O–H groups in total. The predicted molar refractivity (Wildman–Crippen MR) is 190 cm³/mol. The number of nitrogens with one attached hydrogen (secondary N) is 3. The van der Waals surface area contributed by atoms with Crippen molar-refractivity contribution < 1.29 is 43.0 Å². The molecule has 16 nitrogen and oxygen atoms in total. The van der Waals surface area contributed by atoms with Crippen molar-refractivity contribution in [2.24, 2.45) is 0 Å². The molecule has 2 aromatic carbocycles. The largest absolute Gasteiger partial charge is 0.464 e. The molecular formula is C31H40ClN7O9P2. The monoisotopic (exact) mass is 751 g/mol. The minimum absolute atomic E-state index is 0.0534. The molecule has 1 aromatic heterocycles. The fourth-order valence-electron chi connectivity index (χ4n) is 5.11. The second-order valence-corrected chi connectivity index (χ2v) is 15.8. The zero-order chi connectivity index (χ0) is 36.3. The van der Waals surface area contributed by atoms with Crippen LogP contribution in [0.5, 0.6) is 0 Å². The van der Waals surface area contributed by atoms with Gasteiger partial charge in [-0.05, 0) is 49.4 Å². The third kappa shape index (κ3) is 12.3. The number of anilines is 4. The number of hydrogen-bond acceptors (Lipinski definition) is 11. The van der Waals surface area contributed by atoms with E-state index in [4.69, 9.17) is 35.9 Å². The molecule has 0 aliphatic carbocycles. The van der Waals surface area contributed by atoms with E-state index < -0.39 is 33.0 Å². The number of hydrogen-bond donors (Lipinski definition) is 7. The van der Waals surface area contributed by atoms with Crippen molar-refractivity contribution in [3.63, 3.8) is 0 Å². The van der Waals surface area contributed by atoms with E-state index in [1.54, 1.807) is 18.2 Å². The Kier molecular flexibility index (Phi) is 14.1. The van der Waals surface area contributed by atoms with Gasteiger partial charge in [-0.3, -0.25) is 23.6 Å². The Morgan fingerprint density at radius 3 is 2.28 bits per heavy atom. The molecule has 2 heterocycles. The average Bonchev–Trinajstić information content (AvgIpc) is 3.06. The summed E-state index contributed by atoms with van der Waals surface area (Å²) >= 11 is 6.42. The van der Waals surface area contributed by atoms with Gasteiger partial charge in [0.1, 0.15) is 6.61 Å². The first-order chi connectivity index (χ1) is 23.7. The van der Waals surface area contributed by atoms with Crippen molar-refractivity contribution in [2.45, 2.75) is 18.2 Å². The van der Waals surface area contributed by atoms with Crippen LogP contribution in [-0.4, -0.2) is 109 Å². The number of esters is 1. The Morgan fingerprint density at radius 1 is 0.960 bits per heavy atom. The molecule has 1 aliphatic heterocycles. The number of rotatable bonds is 17. The van der Waals surface area contributed by atoms with Crippen LogP contribution in [0.15, 0.2) is 67.4 Å². The van der Waals surface area contributed by atoms with Crippen molar-refractivity contribution >= 4 is 61.7 Å². The molecule has 0 radical (unpaired) electrons. The Hall–Kier alpha value is -3.69. The molecule has 1 aliphatic rings. The maximum absolute atomic E-state index is 11.9. The molecule has 1 fully saturated rings. The van der Waals surface area contributed by atoms with Gasteiger partial charge in [0.2, 0.25) is 11.9 Å². The summed E-state index contributed by atoms with van der Waals surface area (Å²) < 4.78 is 27.7. The number of aromatic nitrogens is 2. The number of ether oxygens (including phenoxy) is 1. The molecule has 270 valence electrons. The van der Waals surface area contributed by atoms with E-state index in [0.717, 1.165) is 57.1 Å². The van der Waals surface area contributed by atoms with E-state index in [0.29, 0.717) is 34.5 Å². The Balaban J connectivity index is 1.17. The molecule has 4 rings (SSSR count). The summed E-state index contributed by atoms with van der Waals surface area (Å²) in [6.45, 7) is 8.51. The summed E-state index contributed by atoms with van der Waals surface area (Å²) in [6.07, 6.45) is 2.54. The molecule has 0 saturated carbocycles. The Morgan fingerprint density at radius 2 is 1.60 bits per heavy atom. The van der Waals surface area contributed by atoms with Gasteiger partial charge in [-0.15, -0.1) is 0 Å². The highest BCUT2D eigenvalue weighted by molar-refractivity contribution is 7.70. The van der Waals surface area contributed by atoms with Gasteiger partial charge < -0.3 is 45.2 Å². The highest BCUT2D eigenvalue weighted by Gasteiger charge is 2.45. The fraction of sp³-hybridized carbons (Fsp3) is 0.355. The van der Waals surface area contributed by atoms with Gasteiger partial charge in [-0.2, -0.15) is 0 Å². The third-order valence-electron chi connectivity index (χ3n) is 7.69. The number of halogens is 1. The molecule has 0 spiro atoms. The summed E-state index contributed by atoms with van der Waals surface area (Å²) in [5, 5.41) is 7.33. The maximum atomic E-state index is 11.9. The standard InChI is InChI=1S/C31H40ClN7O9P2/c1-2-27(40)35-24-8-3-6-22(18-24)30-26(32)21-34-31(37-30)36-25-9-4-7-23(19-25)33-10-5-11-38-12-14-39(15-13-38)16-17-48-28(41)20-29(49(42,43)44)50(45,46)47/h2-4,6-9,18-19,21,29,33H,1,5,10-17,20H2,(H,35,40)(H,34,36,37)(H2,42,43,44)(H2,45,46,47). The number of piperazine rings is 1. The molecule has 1 saturated heterocycles. The molecule has 50 heavy (non-hydrogen) atoms. The zero-order valence-corrected chi connectivity index (χ0v) is 29.6. The van der Waals surface area contributed by atoms with Crippen LogP contribution in [0.2, 0.25) is 5.02 Å². The van der Waals surface area contributed by atoms with E-state index in [1.807, 2.05) is 30.3 Å². The Labute approximate surface area is 294 Å². The number of amides is 1. The van der Waals surface area contributed by atoms with Gasteiger partial charge in [-0.1, -0.05) is 36.4 Å². The van der Waals surface area contributed by atoms with Gasteiger partial charge in [0, 0.05) is 61.9 Å². The van der Waals surface area contributed by atoms with Gasteiger partial charge >= 0.3 is 21.2 Å². The minimum atomic E-state index is -5.18. The number of nitrogens with zero attached hydrogens (tertiary/aromatic N) is 4. The summed E-state index contributed by atoms with van der Waals surface area (Å²) in [5.74, 6) is -1.04. The molecular weight excluding hydrogens is 712 g/mol. The van der Waals surface area contributed by atoms with Crippen LogP contribution in [0, 0.1) is 0 Å². The molecule has 19 heteroatoms. The van der Waals surface area contributed by atoms with E-state index in [9.17, 15) is 18.7 Å². The van der Waals surface area contributed by atoms with Crippen molar-refractivity contribution in [3.05, 3.63) is 72.4 Å². The van der Waals surface area contributed by atoms with Crippen LogP contribution in [0.3, 0.4) is 0 Å². The number of carbonyl (C=O) groups is 2. The van der Waals surface area contributed by atoms with Crippen LogP contribution >= 0.6 is 26.8 Å². The first kappa shape index (κ1) is 39.1. The molecule has 1 amide bonds. The zero-order valence-electron chi connectivity index (χ0n) is 27.0. The van der Waals surface area contributed by atoms with E-state index >= 15 is 0 Å². The number of benzene rings is 2. The lowest BCUT2D eigenvalue weighted by Gasteiger charge is -2.34. The summed E-state index contributed by atoms with van der Waals surface area (Å²) in [7, 11) is -10.4. The van der Waals surface area contributed by atoms with Gasteiger partial charge in [0.25, 0.3) is 0 Å². The van der Waals surface area contributed by atoms with Crippen molar-refractivity contribution in [2.75, 3.05) is 68.4 Å². The lowest BCUT2D eigenvalue weighted by atomic mass is 10.1. The summed E-state index contributed by atoms with van der Waals surface area (Å²) in [6, 6.07) is 14.9. The first-order valence-corrected chi connectivity index (χ1v) is 19.3. The lowest BCUT2D eigenvalue weighted by Crippen LogP contribution is -2.47. The second kappa shape index (κ2) is 18.0. The summed E-state index contributed by atoms with van der Waals surface area (Å²) in [4.78, 5) is 73.6. The summed E-state index contributed by atoms with van der Waals surface area (Å²) in [5.41, 5.74) is 3.49. The SMILES string of the molecule is C=CC(=O)Nc1cccc(-c2nc(Nc3cccc(NCCCN4CCN(CCOC(=O)CC(P(=O)(O)O)P(=O)(O)O)CC4)c3)ncc2Cl)c1. The third-order valence-corrected chi connectivity index (χ3v) is 11.7. The molecule has 0 atom stereocenters. The number of carbonyl (C=O) groups excluding carboxylic acids is 2. The quantitative estimate of drug-likeness (QED) is 0.0452. The fourth-order valence-corrected chi connectivity index (χ4v) is 7.65. The van der Waals surface area contributed by atoms with Crippen molar-refractivity contribution in [1.82, 2.24) is 19.8 Å². The molecule has 3 aromatic rings. The van der Waals surface area contributed by atoms with Crippen LogP contribution in [0.25, 0.3) is 11.3 Å². The molecule has 0 unspecified atom stereocenters. The van der Waals surface area contributed by atoms with Crippen LogP contribution < -0.4 is 16.0 Å². The van der Waals surface area contributed by atoms with Crippen LogP contribution in [0.1, 0.15) is 12.8 Å².